The molecule has 0 saturated carbocycles. The predicted octanol–water partition coefficient (Wildman–Crippen LogP) is 3.19. The number of pyridine rings is 1. The second-order valence-corrected chi connectivity index (χ2v) is 7.26. The first-order chi connectivity index (χ1) is 14.6. The fraction of sp³-hybridized carbons (Fsp3) is 0.286. The first kappa shape index (κ1) is 21.3. The molecule has 2 heterocycles. The van der Waals surface area contributed by atoms with Crippen LogP contribution < -0.4 is 4.74 Å². The molecule has 0 spiro atoms. The maximum atomic E-state index is 12.4. The summed E-state index contributed by atoms with van der Waals surface area (Å²) in [7, 11) is 1.69. The number of hydrogen-bond acceptors (Lipinski definition) is 7. The Hall–Kier alpha value is -3.38. The van der Waals surface area contributed by atoms with Gasteiger partial charge in [0.1, 0.15) is 5.75 Å². The standard InChI is InChI=1S/C21H22N6O2S/c1-3-29-18-9-7-17(8-10-18)27-20(16-6-4-12-23-14-16)24-25-21(27)30-15-19(28)26(2)13-5-11-22/h4,6-10,12,14H,3,5,13,15H2,1-2H3. The van der Waals surface area contributed by atoms with Gasteiger partial charge in [-0.3, -0.25) is 14.3 Å². The molecule has 154 valence electrons. The van der Waals surface area contributed by atoms with E-state index in [0.717, 1.165) is 17.0 Å². The zero-order valence-electron chi connectivity index (χ0n) is 16.9. The quantitative estimate of drug-likeness (QED) is 0.489. The molecule has 1 aromatic carbocycles. The van der Waals surface area contributed by atoms with Crippen LogP contribution in [-0.2, 0) is 4.79 Å². The summed E-state index contributed by atoms with van der Waals surface area (Å²) in [6, 6.07) is 13.4. The van der Waals surface area contributed by atoms with E-state index in [1.165, 1.54) is 11.8 Å². The number of aromatic nitrogens is 4. The van der Waals surface area contributed by atoms with Crippen LogP contribution in [0.4, 0.5) is 0 Å². The van der Waals surface area contributed by atoms with Crippen LogP contribution in [0.2, 0.25) is 0 Å². The van der Waals surface area contributed by atoms with E-state index in [-0.39, 0.29) is 11.7 Å². The number of carbonyl (C=O) groups excluding carboxylic acids is 1. The van der Waals surface area contributed by atoms with E-state index in [1.54, 1.807) is 24.3 Å². The Bertz CT molecular complexity index is 1010. The van der Waals surface area contributed by atoms with Gasteiger partial charge in [-0.05, 0) is 43.3 Å². The molecular formula is C21H22N6O2S. The monoisotopic (exact) mass is 422 g/mol. The maximum absolute atomic E-state index is 12.4. The SMILES string of the molecule is CCOc1ccc(-n2c(SCC(=O)N(C)CCC#N)nnc2-c2cccnc2)cc1. The molecule has 2 aromatic heterocycles. The number of carbonyl (C=O) groups is 1. The van der Waals surface area contributed by atoms with Crippen LogP contribution in [0.15, 0.2) is 53.9 Å². The highest BCUT2D eigenvalue weighted by Gasteiger charge is 2.18. The number of nitriles is 1. The van der Waals surface area contributed by atoms with Crippen LogP contribution in [-0.4, -0.2) is 56.5 Å². The third-order valence-corrected chi connectivity index (χ3v) is 5.18. The molecule has 1 amide bonds. The molecule has 0 radical (unpaired) electrons. The smallest absolute Gasteiger partial charge is 0.232 e. The number of amides is 1. The van der Waals surface area contributed by atoms with Gasteiger partial charge in [0.05, 0.1) is 24.8 Å². The molecule has 0 bridgehead atoms. The fourth-order valence-electron chi connectivity index (χ4n) is 2.72. The summed E-state index contributed by atoms with van der Waals surface area (Å²) >= 11 is 1.31. The maximum Gasteiger partial charge on any atom is 0.232 e. The lowest BCUT2D eigenvalue weighted by Gasteiger charge is -2.15. The van der Waals surface area contributed by atoms with Crippen molar-refractivity contribution in [3.63, 3.8) is 0 Å². The summed E-state index contributed by atoms with van der Waals surface area (Å²) < 4.78 is 7.43. The first-order valence-corrected chi connectivity index (χ1v) is 10.5. The third kappa shape index (κ3) is 5.15. The van der Waals surface area contributed by atoms with Crippen molar-refractivity contribution in [3.8, 4) is 28.9 Å². The molecule has 0 aliphatic rings. The van der Waals surface area contributed by atoms with Gasteiger partial charge in [0, 0.05) is 37.2 Å². The fourth-order valence-corrected chi connectivity index (χ4v) is 3.61. The van der Waals surface area contributed by atoms with E-state index in [4.69, 9.17) is 10.00 Å². The van der Waals surface area contributed by atoms with Gasteiger partial charge in [0.15, 0.2) is 11.0 Å². The van der Waals surface area contributed by atoms with Gasteiger partial charge in [-0.2, -0.15) is 5.26 Å². The number of hydrogen-bond donors (Lipinski definition) is 0. The van der Waals surface area contributed by atoms with E-state index in [2.05, 4.69) is 15.2 Å². The zero-order valence-corrected chi connectivity index (χ0v) is 17.7. The van der Waals surface area contributed by atoms with Crippen LogP contribution in [0, 0.1) is 11.3 Å². The molecule has 0 unspecified atom stereocenters. The Kier molecular flexibility index (Phi) is 7.40. The summed E-state index contributed by atoms with van der Waals surface area (Å²) in [6.07, 6.45) is 3.73. The molecule has 3 aromatic rings. The molecule has 0 saturated heterocycles. The van der Waals surface area contributed by atoms with Crippen molar-refractivity contribution in [1.82, 2.24) is 24.6 Å². The van der Waals surface area contributed by atoms with E-state index in [9.17, 15) is 4.79 Å². The van der Waals surface area contributed by atoms with E-state index >= 15 is 0 Å². The van der Waals surface area contributed by atoms with Crippen molar-refractivity contribution in [2.45, 2.75) is 18.5 Å². The topological polar surface area (TPSA) is 96.9 Å². The van der Waals surface area contributed by atoms with Gasteiger partial charge >= 0.3 is 0 Å². The van der Waals surface area contributed by atoms with Crippen molar-refractivity contribution in [2.75, 3.05) is 26.0 Å². The minimum absolute atomic E-state index is 0.0700. The average molecular weight is 423 g/mol. The van der Waals surface area contributed by atoms with Crippen LogP contribution in [0.3, 0.4) is 0 Å². The van der Waals surface area contributed by atoms with Crippen LogP contribution >= 0.6 is 11.8 Å². The van der Waals surface area contributed by atoms with E-state index in [1.807, 2.05) is 54.0 Å². The predicted molar refractivity (Wildman–Crippen MR) is 114 cm³/mol. The van der Waals surface area contributed by atoms with Crippen molar-refractivity contribution < 1.29 is 9.53 Å². The largest absolute Gasteiger partial charge is 0.494 e. The number of benzene rings is 1. The van der Waals surface area contributed by atoms with Gasteiger partial charge < -0.3 is 9.64 Å². The highest BCUT2D eigenvalue weighted by Crippen LogP contribution is 2.28. The van der Waals surface area contributed by atoms with Gasteiger partial charge in [-0.1, -0.05) is 11.8 Å². The molecular weight excluding hydrogens is 400 g/mol. The second-order valence-electron chi connectivity index (χ2n) is 6.32. The Balaban J connectivity index is 1.89. The molecule has 0 fully saturated rings. The molecule has 3 rings (SSSR count). The summed E-state index contributed by atoms with van der Waals surface area (Å²) in [4.78, 5) is 18.1. The molecule has 9 heteroatoms. The Morgan fingerprint density at radius 1 is 1.27 bits per heavy atom. The van der Waals surface area contributed by atoms with Gasteiger partial charge in [0.25, 0.3) is 0 Å². The lowest BCUT2D eigenvalue weighted by atomic mass is 10.2. The number of rotatable bonds is 9. The average Bonchev–Trinajstić information content (AvgIpc) is 3.21. The Morgan fingerprint density at radius 3 is 2.73 bits per heavy atom. The lowest BCUT2D eigenvalue weighted by molar-refractivity contribution is -0.127. The highest BCUT2D eigenvalue weighted by atomic mass is 32.2. The van der Waals surface area contributed by atoms with Crippen molar-refractivity contribution in [3.05, 3.63) is 48.8 Å². The number of thioether (sulfide) groups is 1. The molecule has 0 aliphatic carbocycles. The number of nitrogens with zero attached hydrogens (tertiary/aromatic N) is 6. The van der Waals surface area contributed by atoms with Crippen LogP contribution in [0.1, 0.15) is 13.3 Å². The van der Waals surface area contributed by atoms with Crippen LogP contribution in [0.5, 0.6) is 5.75 Å². The summed E-state index contributed by atoms with van der Waals surface area (Å²) in [5.74, 6) is 1.55. The highest BCUT2D eigenvalue weighted by molar-refractivity contribution is 7.99. The summed E-state index contributed by atoms with van der Waals surface area (Å²) in [6.45, 7) is 2.94. The number of ether oxygens (including phenoxy) is 1. The normalized spacial score (nSPS) is 10.4. The Morgan fingerprint density at radius 2 is 2.07 bits per heavy atom. The lowest BCUT2D eigenvalue weighted by Crippen LogP contribution is -2.29. The van der Waals surface area contributed by atoms with E-state index in [0.29, 0.717) is 30.6 Å². The van der Waals surface area contributed by atoms with E-state index < -0.39 is 0 Å². The van der Waals surface area contributed by atoms with Crippen LogP contribution in [0.25, 0.3) is 17.1 Å². The van der Waals surface area contributed by atoms with Gasteiger partial charge in [-0.15, -0.1) is 10.2 Å². The molecule has 0 atom stereocenters. The first-order valence-electron chi connectivity index (χ1n) is 9.46. The molecule has 0 aliphatic heterocycles. The second kappa shape index (κ2) is 10.4. The molecule has 0 N–H and O–H groups in total. The third-order valence-electron chi connectivity index (χ3n) is 4.27. The van der Waals surface area contributed by atoms with Gasteiger partial charge in [-0.25, -0.2) is 0 Å². The zero-order chi connectivity index (χ0) is 21.3. The summed E-state index contributed by atoms with van der Waals surface area (Å²) in [5.41, 5.74) is 1.68. The van der Waals surface area contributed by atoms with Crippen molar-refractivity contribution in [1.29, 1.82) is 5.26 Å². The molecule has 8 nitrogen and oxygen atoms in total. The summed E-state index contributed by atoms with van der Waals surface area (Å²) in [5, 5.41) is 18.0. The minimum Gasteiger partial charge on any atom is -0.494 e. The van der Waals surface area contributed by atoms with Gasteiger partial charge in [0.2, 0.25) is 5.91 Å². The van der Waals surface area contributed by atoms with Crippen molar-refractivity contribution >= 4 is 17.7 Å². The van der Waals surface area contributed by atoms with Crippen molar-refractivity contribution in [2.24, 2.45) is 0 Å². The Labute approximate surface area is 179 Å². The molecule has 30 heavy (non-hydrogen) atoms. The minimum atomic E-state index is -0.0700.